The number of hydrogen-bond donors (Lipinski definition) is 1. The van der Waals surface area contributed by atoms with Crippen molar-refractivity contribution in [3.63, 3.8) is 0 Å². The van der Waals surface area contributed by atoms with Gasteiger partial charge in [0.2, 0.25) is 5.75 Å². The van der Waals surface area contributed by atoms with Crippen LogP contribution in [0.25, 0.3) is 10.8 Å². The number of rotatable bonds is 3. The number of phenolic OH excluding ortho intramolecular Hbond substituents is 1. The highest BCUT2D eigenvalue weighted by Gasteiger charge is 2.21. The number of phenols is 1. The number of hydrogen-bond acceptors (Lipinski definition) is 6. The Hall–Kier alpha value is -3.03. The van der Waals surface area contributed by atoms with E-state index >= 15 is 0 Å². The zero-order valence-electron chi connectivity index (χ0n) is 9.27. The minimum atomic E-state index is -0.861. The van der Waals surface area contributed by atoms with E-state index in [0.29, 0.717) is 6.29 Å². The fourth-order valence-corrected chi connectivity index (χ4v) is 1.76. The van der Waals surface area contributed by atoms with Crippen LogP contribution in [0, 0.1) is 20.2 Å². The molecule has 8 heteroatoms. The molecule has 0 spiro atoms. The summed E-state index contributed by atoms with van der Waals surface area (Å²) in [5.74, 6) is -0.700. The van der Waals surface area contributed by atoms with Gasteiger partial charge in [0.05, 0.1) is 9.85 Å². The van der Waals surface area contributed by atoms with Gasteiger partial charge >= 0.3 is 5.69 Å². The zero-order chi connectivity index (χ0) is 14.2. The molecule has 0 aromatic heterocycles. The van der Waals surface area contributed by atoms with Crippen molar-refractivity contribution in [1.82, 2.24) is 0 Å². The molecular weight excluding hydrogens is 256 g/mol. The first kappa shape index (κ1) is 12.4. The van der Waals surface area contributed by atoms with Crippen molar-refractivity contribution < 1.29 is 19.7 Å². The van der Waals surface area contributed by atoms with Crippen LogP contribution in [0.3, 0.4) is 0 Å². The summed E-state index contributed by atoms with van der Waals surface area (Å²) in [6.45, 7) is 0. The van der Waals surface area contributed by atoms with Crippen LogP contribution in [0.4, 0.5) is 11.4 Å². The lowest BCUT2D eigenvalue weighted by Crippen LogP contribution is -1.94. The second-order valence-corrected chi connectivity index (χ2v) is 3.70. The number of aromatic hydroxyl groups is 1. The molecular formula is C11H6N2O6. The van der Waals surface area contributed by atoms with Gasteiger partial charge < -0.3 is 5.11 Å². The van der Waals surface area contributed by atoms with Gasteiger partial charge in [0.25, 0.3) is 5.69 Å². The van der Waals surface area contributed by atoms with Gasteiger partial charge in [-0.2, -0.15) is 0 Å². The highest BCUT2D eigenvalue weighted by atomic mass is 16.6. The number of non-ortho nitro benzene ring substituents is 1. The van der Waals surface area contributed by atoms with E-state index < -0.39 is 21.3 Å². The topological polar surface area (TPSA) is 124 Å². The maximum Gasteiger partial charge on any atom is 0.312 e. The summed E-state index contributed by atoms with van der Waals surface area (Å²) in [5.41, 5.74) is -1.02. The van der Waals surface area contributed by atoms with E-state index in [1.165, 1.54) is 6.07 Å². The van der Waals surface area contributed by atoms with Crippen LogP contribution in [0.1, 0.15) is 10.4 Å². The summed E-state index contributed by atoms with van der Waals surface area (Å²) < 4.78 is 0. The third kappa shape index (κ3) is 1.95. The molecule has 0 unspecified atom stereocenters. The van der Waals surface area contributed by atoms with Crippen molar-refractivity contribution in [2.24, 2.45) is 0 Å². The Morgan fingerprint density at radius 2 is 1.74 bits per heavy atom. The molecule has 19 heavy (non-hydrogen) atoms. The fourth-order valence-electron chi connectivity index (χ4n) is 1.76. The summed E-state index contributed by atoms with van der Waals surface area (Å²) in [7, 11) is 0. The van der Waals surface area contributed by atoms with E-state index in [0.717, 1.165) is 18.2 Å². The quantitative estimate of drug-likeness (QED) is 0.513. The Labute approximate surface area is 105 Å². The maximum atomic E-state index is 10.9. The molecule has 2 rings (SSSR count). The van der Waals surface area contributed by atoms with Crippen molar-refractivity contribution >= 4 is 28.4 Å². The average molecular weight is 262 g/mol. The molecule has 0 amide bonds. The van der Waals surface area contributed by atoms with Gasteiger partial charge in [-0.15, -0.1) is 0 Å². The van der Waals surface area contributed by atoms with E-state index in [9.17, 15) is 30.1 Å². The fraction of sp³-hybridized carbons (Fsp3) is 0. The van der Waals surface area contributed by atoms with Crippen LogP contribution < -0.4 is 0 Å². The number of nitro groups is 2. The first-order valence-electron chi connectivity index (χ1n) is 4.99. The maximum absolute atomic E-state index is 10.9. The largest absolute Gasteiger partial charge is 0.502 e. The summed E-state index contributed by atoms with van der Waals surface area (Å²) in [6.07, 6.45) is 0.389. The number of benzene rings is 2. The van der Waals surface area contributed by atoms with Crippen molar-refractivity contribution in [2.75, 3.05) is 0 Å². The van der Waals surface area contributed by atoms with Crippen LogP contribution in [-0.4, -0.2) is 21.2 Å². The number of aldehydes is 1. The van der Waals surface area contributed by atoms with Gasteiger partial charge in [-0.3, -0.25) is 25.0 Å². The molecule has 0 atom stereocenters. The normalized spacial score (nSPS) is 10.3. The lowest BCUT2D eigenvalue weighted by molar-refractivity contribution is -0.385. The van der Waals surface area contributed by atoms with Crippen molar-refractivity contribution in [2.45, 2.75) is 0 Å². The Bertz CT molecular complexity index is 725. The van der Waals surface area contributed by atoms with Crippen LogP contribution >= 0.6 is 0 Å². The molecule has 2 aromatic carbocycles. The predicted molar refractivity (Wildman–Crippen MR) is 64.3 cm³/mol. The first-order chi connectivity index (χ1) is 8.95. The third-order valence-electron chi connectivity index (χ3n) is 2.64. The summed E-state index contributed by atoms with van der Waals surface area (Å²) in [6, 6.07) is 4.34. The van der Waals surface area contributed by atoms with Crippen LogP contribution in [-0.2, 0) is 0 Å². The predicted octanol–water partition coefficient (Wildman–Crippen LogP) is 2.17. The molecule has 0 radical (unpaired) electrons. The van der Waals surface area contributed by atoms with Crippen molar-refractivity contribution in [1.29, 1.82) is 0 Å². The Morgan fingerprint density at radius 3 is 2.26 bits per heavy atom. The molecule has 0 aliphatic heterocycles. The van der Waals surface area contributed by atoms with Crippen molar-refractivity contribution in [3.8, 4) is 5.75 Å². The number of carbonyl (C=O) groups excluding carboxylic acids is 1. The second-order valence-electron chi connectivity index (χ2n) is 3.70. The Balaban J connectivity index is 2.91. The average Bonchev–Trinajstić information content (AvgIpc) is 2.38. The molecule has 1 N–H and O–H groups in total. The zero-order valence-corrected chi connectivity index (χ0v) is 9.27. The minimum Gasteiger partial charge on any atom is -0.502 e. The van der Waals surface area contributed by atoms with E-state index in [1.807, 2.05) is 0 Å². The SMILES string of the molecule is O=Cc1cc([N+](=O)[O-])c(O)c2cc([N+](=O)[O-])ccc12. The summed E-state index contributed by atoms with van der Waals surface area (Å²) in [5, 5.41) is 31.3. The third-order valence-corrected chi connectivity index (χ3v) is 2.64. The summed E-state index contributed by atoms with van der Waals surface area (Å²) in [4.78, 5) is 30.7. The number of fused-ring (bicyclic) bond motifs is 1. The van der Waals surface area contributed by atoms with Crippen LogP contribution in [0.15, 0.2) is 24.3 Å². The van der Waals surface area contributed by atoms with Gasteiger partial charge in [0.1, 0.15) is 0 Å². The van der Waals surface area contributed by atoms with E-state index in [4.69, 9.17) is 0 Å². The van der Waals surface area contributed by atoms with E-state index in [2.05, 4.69) is 0 Å². The highest BCUT2D eigenvalue weighted by Crippen LogP contribution is 2.37. The lowest BCUT2D eigenvalue weighted by Gasteiger charge is -2.04. The smallest absolute Gasteiger partial charge is 0.312 e. The highest BCUT2D eigenvalue weighted by molar-refractivity contribution is 6.04. The number of carbonyl (C=O) groups is 1. The molecule has 0 aliphatic carbocycles. The van der Waals surface area contributed by atoms with E-state index in [-0.39, 0.29) is 22.0 Å². The molecule has 0 fully saturated rings. The monoisotopic (exact) mass is 262 g/mol. The Kier molecular flexibility index (Phi) is 2.83. The standard InChI is InChI=1S/C11H6N2O6/c14-5-6-3-10(13(18)19)11(15)9-4-7(12(16)17)1-2-8(6)9/h1-5,15H. The number of nitrogens with zero attached hydrogens (tertiary/aromatic N) is 2. The van der Waals surface area contributed by atoms with Gasteiger partial charge in [0.15, 0.2) is 6.29 Å². The lowest BCUT2D eigenvalue weighted by atomic mass is 10.0. The molecule has 0 heterocycles. The molecule has 0 saturated heterocycles. The summed E-state index contributed by atoms with van der Waals surface area (Å²) >= 11 is 0. The van der Waals surface area contributed by atoms with Crippen LogP contribution in [0.2, 0.25) is 0 Å². The van der Waals surface area contributed by atoms with Gasteiger partial charge in [-0.25, -0.2) is 0 Å². The minimum absolute atomic E-state index is 0.0191. The van der Waals surface area contributed by atoms with Gasteiger partial charge in [-0.05, 0) is 11.5 Å². The molecule has 0 aliphatic rings. The van der Waals surface area contributed by atoms with Crippen molar-refractivity contribution in [3.05, 3.63) is 50.1 Å². The molecule has 0 saturated carbocycles. The van der Waals surface area contributed by atoms with Gasteiger partial charge in [0, 0.05) is 29.1 Å². The number of nitro benzene ring substituents is 2. The van der Waals surface area contributed by atoms with Crippen LogP contribution in [0.5, 0.6) is 5.75 Å². The molecule has 96 valence electrons. The Morgan fingerprint density at radius 1 is 1.05 bits per heavy atom. The molecule has 2 aromatic rings. The van der Waals surface area contributed by atoms with Gasteiger partial charge in [-0.1, -0.05) is 0 Å². The molecule has 0 bridgehead atoms. The second kappa shape index (κ2) is 4.33. The first-order valence-corrected chi connectivity index (χ1v) is 4.99. The van der Waals surface area contributed by atoms with E-state index in [1.54, 1.807) is 0 Å². The molecule has 8 nitrogen and oxygen atoms in total.